The highest BCUT2D eigenvalue weighted by Gasteiger charge is 2.10. The molecule has 1 unspecified atom stereocenters. The standard InChI is InChI=1S/C14H16BrNS/c1-9-5-10(2)7-11(6-9)8-12(16)13-3-4-14(15)17-13/h3-7,12H,8,16H2,1-2H3. The Morgan fingerprint density at radius 1 is 1.18 bits per heavy atom. The van der Waals surface area contributed by atoms with E-state index in [1.807, 2.05) is 0 Å². The fourth-order valence-electron chi connectivity index (χ4n) is 2.07. The Kier molecular flexibility index (Phi) is 4.02. The van der Waals surface area contributed by atoms with Gasteiger partial charge in [0.15, 0.2) is 0 Å². The third kappa shape index (κ3) is 3.41. The Morgan fingerprint density at radius 2 is 1.82 bits per heavy atom. The van der Waals surface area contributed by atoms with Crippen LogP contribution in [0.2, 0.25) is 0 Å². The third-order valence-electron chi connectivity index (χ3n) is 2.70. The molecule has 0 radical (unpaired) electrons. The van der Waals surface area contributed by atoms with Crippen molar-refractivity contribution >= 4 is 27.3 Å². The zero-order chi connectivity index (χ0) is 12.4. The molecule has 0 saturated heterocycles. The molecule has 0 fully saturated rings. The molecule has 0 aliphatic rings. The van der Waals surface area contributed by atoms with Gasteiger partial charge in [-0.3, -0.25) is 0 Å². The molecule has 90 valence electrons. The molecule has 0 saturated carbocycles. The second-order valence-corrected chi connectivity index (χ2v) is 6.94. The van der Waals surface area contributed by atoms with E-state index in [0.717, 1.165) is 10.2 Å². The van der Waals surface area contributed by atoms with E-state index >= 15 is 0 Å². The molecule has 2 aromatic rings. The van der Waals surface area contributed by atoms with Gasteiger partial charge in [-0.1, -0.05) is 29.3 Å². The van der Waals surface area contributed by atoms with Crippen LogP contribution in [0.1, 0.15) is 27.6 Å². The van der Waals surface area contributed by atoms with Crippen LogP contribution in [-0.2, 0) is 6.42 Å². The molecule has 0 aliphatic carbocycles. The van der Waals surface area contributed by atoms with Crippen molar-refractivity contribution in [2.75, 3.05) is 0 Å². The van der Waals surface area contributed by atoms with E-state index in [1.165, 1.54) is 21.6 Å². The molecule has 2 rings (SSSR count). The lowest BCUT2D eigenvalue weighted by Crippen LogP contribution is -2.11. The van der Waals surface area contributed by atoms with Crippen LogP contribution in [0, 0.1) is 13.8 Å². The average molecular weight is 310 g/mol. The van der Waals surface area contributed by atoms with Crippen molar-refractivity contribution in [1.82, 2.24) is 0 Å². The van der Waals surface area contributed by atoms with Crippen LogP contribution in [0.5, 0.6) is 0 Å². The Morgan fingerprint density at radius 3 is 2.35 bits per heavy atom. The normalized spacial score (nSPS) is 12.7. The van der Waals surface area contributed by atoms with E-state index in [4.69, 9.17) is 5.73 Å². The molecular formula is C14H16BrNS. The smallest absolute Gasteiger partial charge is 0.0701 e. The number of thiophene rings is 1. The summed E-state index contributed by atoms with van der Waals surface area (Å²) in [5.74, 6) is 0. The molecule has 1 nitrogen and oxygen atoms in total. The van der Waals surface area contributed by atoms with Crippen LogP contribution in [0.3, 0.4) is 0 Å². The highest BCUT2D eigenvalue weighted by Crippen LogP contribution is 2.28. The summed E-state index contributed by atoms with van der Waals surface area (Å²) in [5, 5.41) is 0. The maximum atomic E-state index is 6.23. The molecule has 1 heterocycles. The number of hydrogen-bond acceptors (Lipinski definition) is 2. The van der Waals surface area contributed by atoms with Gasteiger partial charge in [-0.2, -0.15) is 0 Å². The van der Waals surface area contributed by atoms with Crippen molar-refractivity contribution in [1.29, 1.82) is 0 Å². The van der Waals surface area contributed by atoms with Crippen molar-refractivity contribution < 1.29 is 0 Å². The molecular weight excluding hydrogens is 294 g/mol. The first-order chi connectivity index (χ1) is 8.04. The molecule has 1 aromatic carbocycles. The summed E-state index contributed by atoms with van der Waals surface area (Å²) in [6.07, 6.45) is 0.898. The summed E-state index contributed by atoms with van der Waals surface area (Å²) in [6, 6.07) is 10.9. The maximum Gasteiger partial charge on any atom is 0.0701 e. The largest absolute Gasteiger partial charge is 0.323 e. The van der Waals surface area contributed by atoms with Crippen molar-refractivity contribution in [3.8, 4) is 0 Å². The Labute approximate surface area is 115 Å². The van der Waals surface area contributed by atoms with Gasteiger partial charge < -0.3 is 5.73 Å². The van der Waals surface area contributed by atoms with Crippen molar-refractivity contribution in [2.45, 2.75) is 26.3 Å². The molecule has 0 aliphatic heterocycles. The van der Waals surface area contributed by atoms with E-state index in [0.29, 0.717) is 0 Å². The second-order valence-electron chi connectivity index (χ2n) is 4.45. The number of nitrogens with two attached hydrogens (primary N) is 1. The first kappa shape index (κ1) is 12.8. The van der Waals surface area contributed by atoms with Gasteiger partial charge in [0.25, 0.3) is 0 Å². The molecule has 0 bridgehead atoms. The summed E-state index contributed by atoms with van der Waals surface area (Å²) >= 11 is 5.19. The number of rotatable bonds is 3. The first-order valence-electron chi connectivity index (χ1n) is 5.62. The summed E-state index contributed by atoms with van der Waals surface area (Å²) in [4.78, 5) is 1.23. The molecule has 2 N–H and O–H groups in total. The van der Waals surface area contributed by atoms with E-state index in [-0.39, 0.29) is 6.04 Å². The summed E-state index contributed by atoms with van der Waals surface area (Å²) in [5.41, 5.74) is 10.2. The van der Waals surface area contributed by atoms with E-state index in [9.17, 15) is 0 Å². The predicted octanol–water partition coefficient (Wildman–Crippen LogP) is 4.37. The molecule has 17 heavy (non-hydrogen) atoms. The van der Waals surface area contributed by atoms with Gasteiger partial charge in [0.05, 0.1) is 3.79 Å². The summed E-state index contributed by atoms with van der Waals surface area (Å²) < 4.78 is 1.14. The van der Waals surface area contributed by atoms with Gasteiger partial charge in [0, 0.05) is 10.9 Å². The van der Waals surface area contributed by atoms with Gasteiger partial charge in [-0.15, -0.1) is 11.3 Å². The fourth-order valence-corrected chi connectivity index (χ4v) is 3.49. The minimum absolute atomic E-state index is 0.0903. The van der Waals surface area contributed by atoms with Crippen LogP contribution in [0.15, 0.2) is 34.1 Å². The second kappa shape index (κ2) is 5.34. The lowest BCUT2D eigenvalue weighted by atomic mass is 10.0. The van der Waals surface area contributed by atoms with E-state index in [2.05, 4.69) is 60.1 Å². The lowest BCUT2D eigenvalue weighted by molar-refractivity contribution is 0.735. The zero-order valence-electron chi connectivity index (χ0n) is 10.0. The highest BCUT2D eigenvalue weighted by molar-refractivity contribution is 9.11. The van der Waals surface area contributed by atoms with Gasteiger partial charge in [-0.25, -0.2) is 0 Å². The number of halogens is 1. The third-order valence-corrected chi connectivity index (χ3v) is 4.45. The lowest BCUT2D eigenvalue weighted by Gasteiger charge is -2.11. The van der Waals surface area contributed by atoms with Crippen LogP contribution in [0.4, 0.5) is 0 Å². The van der Waals surface area contributed by atoms with Crippen LogP contribution in [-0.4, -0.2) is 0 Å². The number of hydrogen-bond donors (Lipinski definition) is 1. The predicted molar refractivity (Wildman–Crippen MR) is 78.6 cm³/mol. The Hall–Kier alpha value is -0.640. The molecule has 0 amide bonds. The monoisotopic (exact) mass is 309 g/mol. The van der Waals surface area contributed by atoms with Crippen LogP contribution < -0.4 is 5.73 Å². The van der Waals surface area contributed by atoms with Crippen LogP contribution in [0.25, 0.3) is 0 Å². The van der Waals surface area contributed by atoms with Gasteiger partial charge in [-0.05, 0) is 53.9 Å². The first-order valence-corrected chi connectivity index (χ1v) is 7.23. The van der Waals surface area contributed by atoms with Crippen molar-refractivity contribution in [3.05, 3.63) is 55.7 Å². The Balaban J connectivity index is 2.15. The molecule has 1 atom stereocenters. The molecule has 0 spiro atoms. The van der Waals surface area contributed by atoms with Gasteiger partial charge in [0.1, 0.15) is 0 Å². The Bertz CT molecular complexity index is 498. The van der Waals surface area contributed by atoms with Crippen LogP contribution >= 0.6 is 27.3 Å². The fraction of sp³-hybridized carbons (Fsp3) is 0.286. The zero-order valence-corrected chi connectivity index (χ0v) is 12.4. The summed E-state index contributed by atoms with van der Waals surface area (Å²) in [6.45, 7) is 4.26. The summed E-state index contributed by atoms with van der Waals surface area (Å²) in [7, 11) is 0. The molecule has 1 aromatic heterocycles. The minimum atomic E-state index is 0.0903. The quantitative estimate of drug-likeness (QED) is 0.895. The SMILES string of the molecule is Cc1cc(C)cc(CC(N)c2ccc(Br)s2)c1. The van der Waals surface area contributed by atoms with Crippen molar-refractivity contribution in [2.24, 2.45) is 5.73 Å². The average Bonchev–Trinajstić information content (AvgIpc) is 2.63. The molecule has 3 heteroatoms. The highest BCUT2D eigenvalue weighted by atomic mass is 79.9. The van der Waals surface area contributed by atoms with E-state index < -0.39 is 0 Å². The topological polar surface area (TPSA) is 26.0 Å². The van der Waals surface area contributed by atoms with Gasteiger partial charge >= 0.3 is 0 Å². The number of benzene rings is 1. The van der Waals surface area contributed by atoms with Gasteiger partial charge in [0.2, 0.25) is 0 Å². The minimum Gasteiger partial charge on any atom is -0.323 e. The number of aryl methyl sites for hydroxylation is 2. The van der Waals surface area contributed by atoms with Crippen molar-refractivity contribution in [3.63, 3.8) is 0 Å². The maximum absolute atomic E-state index is 6.23. The van der Waals surface area contributed by atoms with E-state index in [1.54, 1.807) is 11.3 Å².